The van der Waals surface area contributed by atoms with Gasteiger partial charge in [0.2, 0.25) is 11.6 Å². The molecule has 8 nitrogen and oxygen atoms in total. The Hall–Kier alpha value is -4.02. The third kappa shape index (κ3) is 6.01. The van der Waals surface area contributed by atoms with Crippen LogP contribution in [0.3, 0.4) is 0 Å². The quantitative estimate of drug-likeness (QED) is 0.164. The van der Waals surface area contributed by atoms with E-state index >= 15 is 0 Å². The van der Waals surface area contributed by atoms with Gasteiger partial charge in [0.05, 0.1) is 13.2 Å². The molecule has 4 aromatic rings. The van der Waals surface area contributed by atoms with E-state index in [9.17, 15) is 0 Å². The van der Waals surface area contributed by atoms with Gasteiger partial charge >= 0.3 is 0 Å². The van der Waals surface area contributed by atoms with Crippen LogP contribution in [-0.4, -0.2) is 37.0 Å². The summed E-state index contributed by atoms with van der Waals surface area (Å²) >= 11 is 0. The lowest BCUT2D eigenvalue weighted by atomic mass is 9.53. The van der Waals surface area contributed by atoms with E-state index < -0.39 is 11.6 Å². The first-order chi connectivity index (χ1) is 28.4. The summed E-state index contributed by atoms with van der Waals surface area (Å²) in [5.41, 5.74) is 3.63. The van der Waals surface area contributed by atoms with Crippen LogP contribution in [0, 0.1) is 47.3 Å². The zero-order chi connectivity index (χ0) is 38.6. The molecule has 0 radical (unpaired) electrons. The number of hydrogen-bond donors (Lipinski definition) is 0. The molecule has 10 aliphatic rings. The normalized spacial score (nSPS) is 38.1. The molecule has 300 valence electrons. The number of benzene rings is 4. The van der Waals surface area contributed by atoms with Crippen molar-refractivity contribution in [2.45, 2.75) is 88.0 Å². The van der Waals surface area contributed by atoms with Gasteiger partial charge in [0.15, 0.2) is 0 Å². The maximum atomic E-state index is 6.58. The highest BCUT2D eigenvalue weighted by Crippen LogP contribution is 2.62. The standard InChI is InChI=1S/C50H52O8/c1-29(47-27-51-49(57-55-47)39-17-31-15-32(19-39)20-40(49)18-31)35-3-9-43(10-4-35)53-45-13-7-37-8-14-46(26-38(37)25-45)54-44-11-5-36(6-12-44)30(2)48-28-52-50(58-56-48)41-21-33-16-34(23-41)24-42(50)22-33/h3-14,25-26,31-34,39-42,47-48H,1-2,15-24,27-28H2. The fraction of sp³-hybridized carbons (Fsp3) is 0.480. The average molecular weight is 781 g/mol. The Morgan fingerprint density at radius 3 is 1.16 bits per heavy atom. The largest absolute Gasteiger partial charge is 0.457 e. The molecule has 2 heterocycles. The van der Waals surface area contributed by atoms with Crippen LogP contribution < -0.4 is 9.47 Å². The van der Waals surface area contributed by atoms with Gasteiger partial charge in [-0.1, -0.05) is 49.6 Å². The Kier molecular flexibility index (Phi) is 8.52. The first kappa shape index (κ1) is 35.9. The van der Waals surface area contributed by atoms with Gasteiger partial charge in [-0.15, -0.1) is 0 Å². The summed E-state index contributed by atoms with van der Waals surface area (Å²) in [6, 6.07) is 28.1. The molecule has 2 unspecified atom stereocenters. The lowest BCUT2D eigenvalue weighted by molar-refractivity contribution is -0.517. The third-order valence-electron chi connectivity index (χ3n) is 15.5. The topological polar surface area (TPSA) is 73.8 Å². The van der Waals surface area contributed by atoms with Crippen molar-refractivity contribution in [3.05, 3.63) is 109 Å². The SMILES string of the molecule is C=C(c1ccc(Oc2ccc3ccc(Oc4ccc(C(=C)C5COC6(OO5)C5CC7CC(C5)CC6C7)cc4)cc3c2)cc1)C1COC2(OO1)C1CC3CC(C1)CC2C3. The second-order valence-electron chi connectivity index (χ2n) is 19.0. The summed E-state index contributed by atoms with van der Waals surface area (Å²) < 4.78 is 25.8. The van der Waals surface area contributed by atoms with Crippen LogP contribution in [0.2, 0.25) is 0 Å². The van der Waals surface area contributed by atoms with Gasteiger partial charge in [-0.2, -0.15) is 9.78 Å². The summed E-state index contributed by atoms with van der Waals surface area (Å²) in [6.45, 7) is 9.65. The molecule has 14 rings (SSSR count). The van der Waals surface area contributed by atoms with Gasteiger partial charge in [-0.25, -0.2) is 9.78 Å². The fourth-order valence-electron chi connectivity index (χ4n) is 13.0. The maximum absolute atomic E-state index is 6.58. The molecule has 4 aromatic carbocycles. The molecule has 8 saturated carbocycles. The van der Waals surface area contributed by atoms with Crippen molar-refractivity contribution < 1.29 is 38.5 Å². The Bertz CT molecular complexity index is 2010. The summed E-state index contributed by atoms with van der Waals surface area (Å²) in [6.07, 6.45) is 11.7. The second-order valence-corrected chi connectivity index (χ2v) is 19.0. The summed E-state index contributed by atoms with van der Waals surface area (Å²) in [4.78, 5) is 24.6. The molecule has 0 N–H and O–H groups in total. The molecule has 0 amide bonds. The molecule has 8 bridgehead atoms. The molecule has 10 fully saturated rings. The van der Waals surface area contributed by atoms with Crippen LogP contribution in [0.4, 0.5) is 0 Å². The lowest BCUT2D eigenvalue weighted by Crippen LogP contribution is -2.63. The molecule has 8 aliphatic carbocycles. The van der Waals surface area contributed by atoms with Crippen molar-refractivity contribution in [2.75, 3.05) is 13.2 Å². The minimum atomic E-state index is -0.564. The maximum Gasteiger partial charge on any atom is 0.207 e. The van der Waals surface area contributed by atoms with Crippen LogP contribution >= 0.6 is 0 Å². The van der Waals surface area contributed by atoms with Crippen molar-refractivity contribution in [2.24, 2.45) is 47.3 Å². The monoisotopic (exact) mass is 780 g/mol. The van der Waals surface area contributed by atoms with E-state index in [1.54, 1.807) is 0 Å². The van der Waals surface area contributed by atoms with E-state index in [2.05, 4.69) is 25.3 Å². The lowest BCUT2D eigenvalue weighted by Gasteiger charge is -2.60. The van der Waals surface area contributed by atoms with Gasteiger partial charge in [-0.05, 0) is 169 Å². The molecule has 2 saturated heterocycles. The molecule has 0 aromatic heterocycles. The van der Waals surface area contributed by atoms with Crippen molar-refractivity contribution in [1.29, 1.82) is 0 Å². The first-order valence-corrected chi connectivity index (χ1v) is 21.8. The van der Waals surface area contributed by atoms with Gasteiger partial charge in [0.25, 0.3) is 0 Å². The highest BCUT2D eigenvalue weighted by molar-refractivity contribution is 5.85. The van der Waals surface area contributed by atoms with E-state index in [1.807, 2.05) is 72.8 Å². The highest BCUT2D eigenvalue weighted by atomic mass is 17.2. The molecule has 2 atom stereocenters. The van der Waals surface area contributed by atoms with Crippen LogP contribution in [0.1, 0.15) is 75.3 Å². The molecular weight excluding hydrogens is 729 g/mol. The van der Waals surface area contributed by atoms with E-state index in [-0.39, 0.29) is 12.2 Å². The highest BCUT2D eigenvalue weighted by Gasteiger charge is 2.63. The summed E-state index contributed by atoms with van der Waals surface area (Å²) in [5.74, 6) is 6.96. The van der Waals surface area contributed by atoms with Gasteiger partial charge < -0.3 is 18.9 Å². The summed E-state index contributed by atoms with van der Waals surface area (Å²) in [5, 5.41) is 2.11. The second kappa shape index (κ2) is 13.8. The van der Waals surface area contributed by atoms with Crippen LogP contribution in [0.5, 0.6) is 23.0 Å². The predicted octanol–water partition coefficient (Wildman–Crippen LogP) is 11.4. The minimum absolute atomic E-state index is 0.343. The number of ether oxygens (including phenoxy) is 4. The molecular formula is C50H52O8. The smallest absolute Gasteiger partial charge is 0.207 e. The number of hydrogen-bond acceptors (Lipinski definition) is 8. The van der Waals surface area contributed by atoms with E-state index in [0.717, 1.165) is 79.7 Å². The number of rotatable bonds is 8. The Morgan fingerprint density at radius 1 is 0.448 bits per heavy atom. The summed E-state index contributed by atoms with van der Waals surface area (Å²) in [7, 11) is 0. The van der Waals surface area contributed by atoms with Crippen LogP contribution in [0.15, 0.2) is 98.1 Å². The van der Waals surface area contributed by atoms with Gasteiger partial charge in [-0.3, -0.25) is 0 Å². The zero-order valence-electron chi connectivity index (χ0n) is 33.0. The Labute approximate surface area is 340 Å². The van der Waals surface area contributed by atoms with E-state index in [0.29, 0.717) is 36.9 Å². The average Bonchev–Trinajstić information content (AvgIpc) is 3.25. The third-order valence-corrected chi connectivity index (χ3v) is 15.5. The van der Waals surface area contributed by atoms with E-state index in [4.69, 9.17) is 38.5 Å². The zero-order valence-corrected chi connectivity index (χ0v) is 33.0. The fourth-order valence-corrected chi connectivity index (χ4v) is 13.0. The number of fused-ring (bicyclic) bond motifs is 1. The predicted molar refractivity (Wildman–Crippen MR) is 218 cm³/mol. The van der Waals surface area contributed by atoms with Gasteiger partial charge in [0.1, 0.15) is 35.2 Å². The molecule has 2 aliphatic heterocycles. The van der Waals surface area contributed by atoms with Crippen LogP contribution in [0.25, 0.3) is 21.9 Å². The molecule has 2 spiro atoms. The van der Waals surface area contributed by atoms with Crippen molar-refractivity contribution >= 4 is 21.9 Å². The molecule has 58 heavy (non-hydrogen) atoms. The van der Waals surface area contributed by atoms with Crippen molar-refractivity contribution in [1.82, 2.24) is 0 Å². The molecule has 8 heteroatoms. The Balaban J connectivity index is 0.657. The Morgan fingerprint density at radius 2 is 0.810 bits per heavy atom. The van der Waals surface area contributed by atoms with E-state index in [1.165, 1.54) is 64.2 Å². The van der Waals surface area contributed by atoms with Crippen LogP contribution in [-0.2, 0) is 29.0 Å². The van der Waals surface area contributed by atoms with Crippen molar-refractivity contribution in [3.63, 3.8) is 0 Å². The first-order valence-electron chi connectivity index (χ1n) is 21.8. The van der Waals surface area contributed by atoms with Gasteiger partial charge in [0, 0.05) is 23.7 Å². The minimum Gasteiger partial charge on any atom is -0.457 e. The van der Waals surface area contributed by atoms with Crippen molar-refractivity contribution in [3.8, 4) is 23.0 Å².